The summed E-state index contributed by atoms with van der Waals surface area (Å²) in [6.45, 7) is 9.34. The van der Waals surface area contributed by atoms with Crippen LogP contribution in [0.1, 0.15) is 34.6 Å². The summed E-state index contributed by atoms with van der Waals surface area (Å²) in [5, 5.41) is 9.85. The van der Waals surface area contributed by atoms with Gasteiger partial charge in [0.05, 0.1) is 0 Å². The van der Waals surface area contributed by atoms with Crippen LogP contribution < -0.4 is 0 Å². The molecule has 14 heavy (non-hydrogen) atoms. The molecule has 0 aromatic carbocycles. The van der Waals surface area contributed by atoms with E-state index in [-0.39, 0.29) is 0 Å². The Morgan fingerprint density at radius 1 is 1.29 bits per heavy atom. The van der Waals surface area contributed by atoms with Crippen molar-refractivity contribution in [2.24, 2.45) is 0 Å². The second-order valence-electron chi connectivity index (χ2n) is 3.60. The molecule has 1 atom stereocenters. The molecule has 0 aliphatic carbocycles. The van der Waals surface area contributed by atoms with Crippen molar-refractivity contribution in [3.8, 4) is 11.8 Å². The van der Waals surface area contributed by atoms with Crippen LogP contribution in [0.15, 0.2) is 29.0 Å². The smallest absolute Gasteiger partial charge is 0.144 e. The van der Waals surface area contributed by atoms with Crippen LogP contribution in [0.5, 0.6) is 0 Å². The Bertz CT molecular complexity index is 335. The van der Waals surface area contributed by atoms with Gasteiger partial charge in [0.15, 0.2) is 0 Å². The van der Waals surface area contributed by atoms with Crippen LogP contribution in [0.3, 0.4) is 0 Å². The molecule has 0 heterocycles. The first-order valence-corrected chi connectivity index (χ1v) is 4.67. The van der Waals surface area contributed by atoms with Crippen LogP contribution in [-0.2, 0) is 0 Å². The lowest BCUT2D eigenvalue weighted by molar-refractivity contribution is 0.161. The molecule has 0 rings (SSSR count). The Morgan fingerprint density at radius 2 is 1.86 bits per heavy atom. The van der Waals surface area contributed by atoms with Crippen molar-refractivity contribution in [1.29, 1.82) is 0 Å². The molecular formula is C13H18O. The van der Waals surface area contributed by atoms with Crippen molar-refractivity contribution in [3.63, 3.8) is 0 Å². The van der Waals surface area contributed by atoms with Gasteiger partial charge in [-0.05, 0) is 45.8 Å². The van der Waals surface area contributed by atoms with Gasteiger partial charge in [-0.1, -0.05) is 17.9 Å². The van der Waals surface area contributed by atoms with Crippen molar-refractivity contribution >= 4 is 0 Å². The summed E-state index contributed by atoms with van der Waals surface area (Å²) in [6.07, 6.45) is 3.49. The second-order valence-corrected chi connectivity index (χ2v) is 3.60. The maximum absolute atomic E-state index is 9.85. The number of aliphatic hydroxyl groups is 1. The molecule has 0 aliphatic heterocycles. The Labute approximate surface area is 86.8 Å². The Hall–Kier alpha value is -1.22. The summed E-state index contributed by atoms with van der Waals surface area (Å²) in [6, 6.07) is 0. The standard InChI is InChI=1S/C13H18O/c1-6-12(4)13(5,14)10-8-7-9-11(2)3/h6-7,14H,1-5H3/b12-6-. The number of hydrogen-bond acceptors (Lipinski definition) is 1. The molecule has 1 unspecified atom stereocenters. The molecule has 0 aromatic heterocycles. The largest absolute Gasteiger partial charge is 0.374 e. The fourth-order valence-electron chi connectivity index (χ4n) is 0.737. The molecule has 1 heteroatoms. The van der Waals surface area contributed by atoms with E-state index < -0.39 is 5.60 Å². The van der Waals surface area contributed by atoms with Gasteiger partial charge < -0.3 is 5.11 Å². The summed E-state index contributed by atoms with van der Waals surface area (Å²) in [5.74, 6) is 5.55. The predicted octanol–water partition coefficient (Wildman–Crippen LogP) is 2.83. The van der Waals surface area contributed by atoms with Gasteiger partial charge >= 0.3 is 0 Å². The van der Waals surface area contributed by atoms with E-state index in [9.17, 15) is 5.11 Å². The van der Waals surface area contributed by atoms with E-state index in [1.165, 1.54) is 0 Å². The average Bonchev–Trinajstić information content (AvgIpc) is 2.10. The molecule has 0 saturated heterocycles. The van der Waals surface area contributed by atoms with Gasteiger partial charge in [0.25, 0.3) is 0 Å². The molecular weight excluding hydrogens is 172 g/mol. The van der Waals surface area contributed by atoms with Crippen LogP contribution in [0, 0.1) is 11.8 Å². The molecule has 0 saturated carbocycles. The molecule has 0 amide bonds. The van der Waals surface area contributed by atoms with Crippen molar-refractivity contribution in [2.45, 2.75) is 40.2 Å². The van der Waals surface area contributed by atoms with Gasteiger partial charge in [-0.25, -0.2) is 0 Å². The SMILES string of the molecule is C/C=C(/C)C(C)(O)C#CC=C=C(C)C. The lowest BCUT2D eigenvalue weighted by atomic mass is 9.98. The van der Waals surface area contributed by atoms with E-state index in [0.29, 0.717) is 0 Å². The van der Waals surface area contributed by atoms with Crippen LogP contribution >= 0.6 is 0 Å². The van der Waals surface area contributed by atoms with Gasteiger partial charge in [0.1, 0.15) is 5.60 Å². The fourth-order valence-corrected chi connectivity index (χ4v) is 0.737. The maximum atomic E-state index is 9.85. The van der Waals surface area contributed by atoms with Gasteiger partial charge in [-0.3, -0.25) is 0 Å². The van der Waals surface area contributed by atoms with E-state index in [2.05, 4.69) is 17.6 Å². The average molecular weight is 190 g/mol. The molecule has 0 aliphatic rings. The first-order valence-electron chi connectivity index (χ1n) is 4.67. The van der Waals surface area contributed by atoms with Crippen LogP contribution in [0.25, 0.3) is 0 Å². The lowest BCUT2D eigenvalue weighted by Crippen LogP contribution is -2.22. The minimum absolute atomic E-state index is 0.857. The van der Waals surface area contributed by atoms with Crippen LogP contribution in [0.4, 0.5) is 0 Å². The topological polar surface area (TPSA) is 20.2 Å². The Kier molecular flexibility index (Phi) is 5.02. The number of rotatable bonds is 1. The molecule has 1 N–H and O–H groups in total. The first-order chi connectivity index (χ1) is 6.40. The monoisotopic (exact) mass is 190 g/mol. The van der Waals surface area contributed by atoms with Crippen molar-refractivity contribution in [3.05, 3.63) is 29.0 Å². The zero-order valence-electron chi connectivity index (χ0n) is 9.60. The lowest BCUT2D eigenvalue weighted by Gasteiger charge is -2.16. The van der Waals surface area contributed by atoms with E-state index in [1.54, 1.807) is 13.0 Å². The highest BCUT2D eigenvalue weighted by Gasteiger charge is 2.17. The third-order valence-corrected chi connectivity index (χ3v) is 1.95. The van der Waals surface area contributed by atoms with E-state index >= 15 is 0 Å². The summed E-state index contributed by atoms with van der Waals surface area (Å²) in [7, 11) is 0. The normalized spacial score (nSPS) is 14.6. The van der Waals surface area contributed by atoms with Gasteiger partial charge in [0, 0.05) is 6.08 Å². The third-order valence-electron chi connectivity index (χ3n) is 1.95. The minimum Gasteiger partial charge on any atom is -0.374 e. The summed E-state index contributed by atoms with van der Waals surface area (Å²) in [4.78, 5) is 0. The maximum Gasteiger partial charge on any atom is 0.144 e. The second kappa shape index (κ2) is 5.50. The molecule has 1 nitrogen and oxygen atoms in total. The van der Waals surface area contributed by atoms with E-state index in [0.717, 1.165) is 11.1 Å². The van der Waals surface area contributed by atoms with Gasteiger partial charge in [-0.2, -0.15) is 0 Å². The molecule has 0 spiro atoms. The van der Waals surface area contributed by atoms with Crippen molar-refractivity contribution < 1.29 is 5.11 Å². The number of hydrogen-bond donors (Lipinski definition) is 1. The zero-order chi connectivity index (χ0) is 11.2. The minimum atomic E-state index is -1.03. The highest BCUT2D eigenvalue weighted by molar-refractivity contribution is 5.31. The van der Waals surface area contributed by atoms with Gasteiger partial charge in [0.2, 0.25) is 0 Å². The third kappa shape index (κ3) is 4.72. The quantitative estimate of drug-likeness (QED) is 0.383. The highest BCUT2D eigenvalue weighted by atomic mass is 16.3. The Balaban J connectivity index is 4.75. The van der Waals surface area contributed by atoms with Crippen molar-refractivity contribution in [2.75, 3.05) is 0 Å². The molecule has 0 bridgehead atoms. The Morgan fingerprint density at radius 3 is 2.29 bits per heavy atom. The number of allylic oxidation sites excluding steroid dienone is 2. The highest BCUT2D eigenvalue weighted by Crippen LogP contribution is 2.13. The first kappa shape index (κ1) is 12.8. The van der Waals surface area contributed by atoms with Crippen LogP contribution in [-0.4, -0.2) is 10.7 Å². The predicted molar refractivity (Wildman–Crippen MR) is 60.8 cm³/mol. The molecule has 76 valence electrons. The van der Waals surface area contributed by atoms with Crippen LogP contribution in [0.2, 0.25) is 0 Å². The van der Waals surface area contributed by atoms with E-state index in [1.807, 2.05) is 33.8 Å². The molecule has 0 aromatic rings. The van der Waals surface area contributed by atoms with E-state index in [4.69, 9.17) is 0 Å². The summed E-state index contributed by atoms with van der Waals surface area (Å²) >= 11 is 0. The fraction of sp³-hybridized carbons (Fsp3) is 0.462. The van der Waals surface area contributed by atoms with Gasteiger partial charge in [-0.15, -0.1) is 5.73 Å². The molecule has 0 fully saturated rings. The summed E-state index contributed by atoms with van der Waals surface area (Å²) in [5.41, 5.74) is 3.86. The van der Waals surface area contributed by atoms with Crippen molar-refractivity contribution in [1.82, 2.24) is 0 Å². The molecule has 0 radical (unpaired) electrons. The zero-order valence-corrected chi connectivity index (χ0v) is 9.60. The summed E-state index contributed by atoms with van der Waals surface area (Å²) < 4.78 is 0.